The topological polar surface area (TPSA) is 136 Å². The number of thioether (sulfide) groups is 1. The van der Waals surface area contributed by atoms with Gasteiger partial charge in [0, 0.05) is 13.1 Å². The van der Waals surface area contributed by atoms with Gasteiger partial charge >= 0.3 is 6.09 Å². The molecule has 1 saturated heterocycles. The summed E-state index contributed by atoms with van der Waals surface area (Å²) in [5.41, 5.74) is 13.0. The Bertz CT molecular complexity index is 1080. The molecule has 1 aromatic carbocycles. The molecule has 10 heteroatoms. The van der Waals surface area contributed by atoms with E-state index in [-0.39, 0.29) is 5.69 Å². The average Bonchev–Trinajstić information content (AvgIpc) is 2.88. The van der Waals surface area contributed by atoms with Gasteiger partial charge in [-0.05, 0) is 69.6 Å². The van der Waals surface area contributed by atoms with Crippen molar-refractivity contribution in [3.8, 4) is 5.75 Å². The summed E-state index contributed by atoms with van der Waals surface area (Å²) in [6, 6.07) is 8.67. The lowest BCUT2D eigenvalue weighted by atomic mass is 10.1. The number of benzene rings is 1. The lowest BCUT2D eigenvalue weighted by Crippen LogP contribution is -2.31. The van der Waals surface area contributed by atoms with Gasteiger partial charge in [0.25, 0.3) is 5.91 Å². The van der Waals surface area contributed by atoms with E-state index in [2.05, 4.69) is 51.8 Å². The Hall–Kier alpha value is -3.53. The number of para-hydroxylation sites is 1. The third kappa shape index (κ3) is 9.26. The van der Waals surface area contributed by atoms with Crippen LogP contribution in [0.25, 0.3) is 0 Å². The van der Waals surface area contributed by atoms with Gasteiger partial charge < -0.3 is 26.4 Å². The van der Waals surface area contributed by atoms with Crippen LogP contribution in [0.5, 0.6) is 5.75 Å². The number of rotatable bonds is 8. The summed E-state index contributed by atoms with van der Waals surface area (Å²) in [7, 11) is 0. The van der Waals surface area contributed by atoms with Gasteiger partial charge in [-0.1, -0.05) is 30.7 Å². The van der Waals surface area contributed by atoms with Crippen molar-refractivity contribution in [2.45, 2.75) is 46.5 Å². The van der Waals surface area contributed by atoms with Crippen LogP contribution in [0.4, 0.5) is 16.4 Å². The first-order chi connectivity index (χ1) is 17.2. The van der Waals surface area contributed by atoms with Gasteiger partial charge in [0.2, 0.25) is 0 Å². The minimum Gasteiger partial charge on any atom is -0.411 e. The van der Waals surface area contributed by atoms with Gasteiger partial charge in [0.05, 0.1) is 11.2 Å². The van der Waals surface area contributed by atoms with Crippen molar-refractivity contribution in [2.75, 3.05) is 29.6 Å². The van der Waals surface area contributed by atoms with Crippen molar-refractivity contribution in [1.29, 1.82) is 0 Å². The molecule has 5 N–H and O–H groups in total. The van der Waals surface area contributed by atoms with E-state index >= 15 is 0 Å². The molecule has 3 rings (SSSR count). The highest BCUT2D eigenvalue weighted by Crippen LogP contribution is 2.24. The largest absolute Gasteiger partial charge is 0.411 e. The third-order valence-corrected chi connectivity index (χ3v) is 6.31. The van der Waals surface area contributed by atoms with E-state index in [0.29, 0.717) is 11.6 Å². The summed E-state index contributed by atoms with van der Waals surface area (Å²) >= 11 is 1.57. The number of nitrogens with one attached hydrogen (secondary N) is 1. The van der Waals surface area contributed by atoms with Crippen LogP contribution < -0.4 is 26.4 Å². The zero-order valence-corrected chi connectivity index (χ0v) is 22.2. The fourth-order valence-electron chi connectivity index (χ4n) is 3.39. The van der Waals surface area contributed by atoms with Crippen LogP contribution in [-0.4, -0.2) is 41.3 Å². The fraction of sp³-hybridized carbons (Fsp3) is 0.385. The van der Waals surface area contributed by atoms with E-state index in [0.717, 1.165) is 43.2 Å². The third-order valence-electron chi connectivity index (χ3n) is 5.65. The van der Waals surface area contributed by atoms with Gasteiger partial charge in [-0.15, -0.1) is 11.8 Å². The van der Waals surface area contributed by atoms with Crippen LogP contribution in [-0.2, 0) is 0 Å². The highest BCUT2D eigenvalue weighted by Gasteiger charge is 2.18. The Morgan fingerprint density at radius 2 is 1.81 bits per heavy atom. The number of ether oxygens (including phenoxy) is 1. The Balaban J connectivity index is 0.000000380. The summed E-state index contributed by atoms with van der Waals surface area (Å²) in [5, 5.41) is 4.16. The maximum absolute atomic E-state index is 11.8. The molecular weight excluding hydrogens is 476 g/mol. The maximum atomic E-state index is 11.8. The van der Waals surface area contributed by atoms with Gasteiger partial charge in [0.15, 0.2) is 11.5 Å². The molecule has 0 atom stereocenters. The number of hydrogen-bond acceptors (Lipinski definition) is 8. The van der Waals surface area contributed by atoms with E-state index in [9.17, 15) is 9.59 Å². The van der Waals surface area contributed by atoms with Crippen molar-refractivity contribution < 1.29 is 14.3 Å². The molecule has 2 heterocycles. The number of carbonyl (C=O) groups excluding carboxylic acids is 2. The molecule has 0 saturated carbocycles. The number of nitrogens with two attached hydrogens (primary N) is 2. The number of allylic oxidation sites excluding steroid dienone is 3. The van der Waals surface area contributed by atoms with Gasteiger partial charge in [-0.3, -0.25) is 4.79 Å². The molecule has 1 aliphatic heterocycles. The number of aromatic nitrogens is 2. The number of carbonyl (C=O) groups is 2. The molecule has 9 nitrogen and oxygen atoms in total. The van der Waals surface area contributed by atoms with Crippen LogP contribution in [0, 0.1) is 0 Å². The second kappa shape index (κ2) is 14.8. The van der Waals surface area contributed by atoms with Crippen molar-refractivity contribution >= 4 is 35.4 Å². The smallest absolute Gasteiger partial charge is 0.409 e. The molecule has 36 heavy (non-hydrogen) atoms. The predicted molar refractivity (Wildman–Crippen MR) is 147 cm³/mol. The van der Waals surface area contributed by atoms with Crippen molar-refractivity contribution in [3.63, 3.8) is 0 Å². The first-order valence-electron chi connectivity index (χ1n) is 11.9. The minimum atomic E-state index is -0.786. The summed E-state index contributed by atoms with van der Waals surface area (Å²) < 4.78 is 4.55. The van der Waals surface area contributed by atoms with Crippen LogP contribution >= 0.6 is 11.8 Å². The number of hydrogen-bond donors (Lipinski definition) is 3. The van der Waals surface area contributed by atoms with Gasteiger partial charge in [0.1, 0.15) is 11.6 Å². The van der Waals surface area contributed by atoms with Gasteiger partial charge in [-0.25, -0.2) is 14.8 Å². The zero-order chi connectivity index (χ0) is 26.5. The molecule has 1 aliphatic rings. The number of piperidine rings is 1. The van der Waals surface area contributed by atoms with Crippen molar-refractivity contribution in [3.05, 3.63) is 64.5 Å². The average molecular weight is 513 g/mol. The van der Waals surface area contributed by atoms with E-state index in [1.54, 1.807) is 42.2 Å². The molecule has 194 valence electrons. The number of anilines is 2. The molecule has 0 unspecified atom stereocenters. The molecule has 0 aliphatic carbocycles. The molecule has 1 fully saturated rings. The second-order valence-corrected chi connectivity index (χ2v) is 9.07. The quantitative estimate of drug-likeness (QED) is 0.417. The van der Waals surface area contributed by atoms with E-state index in [1.165, 1.54) is 17.6 Å². The van der Waals surface area contributed by atoms with E-state index < -0.39 is 12.0 Å². The first kappa shape index (κ1) is 28.7. The Labute approximate surface area is 217 Å². The monoisotopic (exact) mass is 512 g/mol. The molecule has 0 radical (unpaired) electrons. The van der Waals surface area contributed by atoms with Crippen molar-refractivity contribution in [2.24, 2.45) is 11.5 Å². The highest BCUT2D eigenvalue weighted by molar-refractivity contribution is 8.02. The summed E-state index contributed by atoms with van der Waals surface area (Å²) in [6.45, 7) is 8.27. The Morgan fingerprint density at radius 1 is 1.14 bits per heavy atom. The van der Waals surface area contributed by atoms with Crippen LogP contribution in [0.3, 0.4) is 0 Å². The second-order valence-electron chi connectivity index (χ2n) is 8.23. The van der Waals surface area contributed by atoms with Crippen LogP contribution in [0.2, 0.25) is 0 Å². The molecule has 0 spiro atoms. The number of amides is 2. The lowest BCUT2D eigenvalue weighted by molar-refractivity contribution is 0.0996. The lowest BCUT2D eigenvalue weighted by Gasteiger charge is -2.28. The summed E-state index contributed by atoms with van der Waals surface area (Å²) in [5.74, 6) is 1.09. The molecule has 1 aromatic heterocycles. The maximum Gasteiger partial charge on any atom is 0.409 e. The Morgan fingerprint density at radius 3 is 2.36 bits per heavy atom. The van der Waals surface area contributed by atoms with Crippen LogP contribution in [0.15, 0.2) is 58.8 Å². The molecule has 0 bridgehead atoms. The van der Waals surface area contributed by atoms with E-state index in [4.69, 9.17) is 11.5 Å². The number of nitrogens with zero attached hydrogens (tertiary/aromatic N) is 3. The first-order valence-corrected chi connectivity index (χ1v) is 13.1. The predicted octanol–water partition coefficient (Wildman–Crippen LogP) is 5.07. The van der Waals surface area contributed by atoms with Crippen LogP contribution in [0.1, 0.15) is 56.9 Å². The summed E-state index contributed by atoms with van der Waals surface area (Å²) in [4.78, 5) is 33.1. The molecule has 2 amide bonds. The van der Waals surface area contributed by atoms with Crippen molar-refractivity contribution in [1.82, 2.24) is 9.97 Å². The normalized spacial score (nSPS) is 14.2. The zero-order valence-electron chi connectivity index (χ0n) is 21.4. The minimum absolute atomic E-state index is 0.166. The van der Waals surface area contributed by atoms with Gasteiger partial charge in [-0.2, -0.15) is 0 Å². The van der Waals surface area contributed by atoms with E-state index in [1.807, 2.05) is 12.3 Å². The highest BCUT2D eigenvalue weighted by atomic mass is 32.2. The Kier molecular flexibility index (Phi) is 11.8. The fourth-order valence-corrected chi connectivity index (χ4v) is 3.88. The standard InChI is InChI=1S/C19H29N5OS.C7H7NO2/c1-5-13(2)14(3)11-16(26-4)23-19-17(18(20)25)21-12-15(22-19)24-9-7-6-8-10-24;8-7(9)10-6-4-2-1-3-5-6/h11-12H,5-10H2,1-4H3,(H2,20,25)(H,22,23);1-5H,(H2,8,9)/b14-13+,16-11-;. The SMILES string of the molecule is CC/C(C)=C(C)/C=C(/Nc1nc(N2CCCCC2)cnc1C(N)=O)SC.NC(=O)Oc1ccccc1. The molecular formula is C26H36N6O3S. The summed E-state index contributed by atoms with van der Waals surface area (Å²) in [6.07, 6.45) is 9.47. The molecule has 2 aromatic rings. The number of primary amides is 2.